The van der Waals surface area contributed by atoms with Gasteiger partial charge in [-0.25, -0.2) is 0 Å². The van der Waals surface area contributed by atoms with E-state index in [0.717, 1.165) is 30.2 Å². The molecule has 0 spiro atoms. The van der Waals surface area contributed by atoms with E-state index in [0.29, 0.717) is 0 Å². The van der Waals surface area contributed by atoms with Crippen molar-refractivity contribution < 1.29 is 9.15 Å². The largest absolute Gasteiger partial charge is 0.497 e. The van der Waals surface area contributed by atoms with Crippen LogP contribution in [0.15, 0.2) is 40.8 Å². The Balaban J connectivity index is 1.79. The average molecular weight is 259 g/mol. The molecule has 1 aromatic carbocycles. The first kappa shape index (κ1) is 13.7. The van der Waals surface area contributed by atoms with E-state index in [9.17, 15) is 0 Å². The van der Waals surface area contributed by atoms with Crippen LogP contribution in [0.4, 0.5) is 0 Å². The van der Waals surface area contributed by atoms with Crippen molar-refractivity contribution in [3.63, 3.8) is 0 Å². The number of rotatable bonds is 6. The van der Waals surface area contributed by atoms with Crippen molar-refractivity contribution in [2.24, 2.45) is 0 Å². The van der Waals surface area contributed by atoms with Crippen LogP contribution in [0.5, 0.6) is 5.75 Å². The molecule has 0 aliphatic carbocycles. The first-order valence-corrected chi connectivity index (χ1v) is 6.61. The van der Waals surface area contributed by atoms with Crippen LogP contribution in [-0.4, -0.2) is 13.7 Å². The number of aryl methyl sites for hydroxylation is 1. The minimum Gasteiger partial charge on any atom is -0.497 e. The second-order valence-electron chi connectivity index (χ2n) is 4.72. The lowest BCUT2D eigenvalue weighted by atomic mass is 10.1. The SMILES string of the molecule is COc1ccc(CCNC(C)c2ccc(C)o2)cc1. The minimum absolute atomic E-state index is 0.243. The number of hydrogen-bond donors (Lipinski definition) is 1. The molecule has 102 valence electrons. The first-order valence-electron chi connectivity index (χ1n) is 6.61. The van der Waals surface area contributed by atoms with Crippen molar-refractivity contribution in [1.82, 2.24) is 5.32 Å². The highest BCUT2D eigenvalue weighted by atomic mass is 16.5. The molecule has 0 saturated carbocycles. The molecule has 3 nitrogen and oxygen atoms in total. The summed E-state index contributed by atoms with van der Waals surface area (Å²) in [6.45, 7) is 5.01. The average Bonchev–Trinajstić information content (AvgIpc) is 2.86. The molecule has 0 aliphatic rings. The summed E-state index contributed by atoms with van der Waals surface area (Å²) in [5.74, 6) is 2.85. The third-order valence-corrected chi connectivity index (χ3v) is 3.21. The fraction of sp³-hybridized carbons (Fsp3) is 0.375. The molecular weight excluding hydrogens is 238 g/mol. The molecule has 2 aromatic rings. The Morgan fingerprint density at radius 2 is 1.89 bits per heavy atom. The molecule has 0 aliphatic heterocycles. The molecule has 3 heteroatoms. The van der Waals surface area contributed by atoms with Gasteiger partial charge in [0, 0.05) is 0 Å². The summed E-state index contributed by atoms with van der Waals surface area (Å²) in [5.41, 5.74) is 1.30. The van der Waals surface area contributed by atoms with Gasteiger partial charge in [0.15, 0.2) is 0 Å². The Hall–Kier alpha value is -1.74. The number of nitrogens with one attached hydrogen (secondary N) is 1. The quantitative estimate of drug-likeness (QED) is 0.862. The molecule has 1 aromatic heterocycles. The van der Waals surface area contributed by atoms with E-state index < -0.39 is 0 Å². The number of hydrogen-bond acceptors (Lipinski definition) is 3. The van der Waals surface area contributed by atoms with E-state index >= 15 is 0 Å². The van der Waals surface area contributed by atoms with Gasteiger partial charge in [0.1, 0.15) is 17.3 Å². The van der Waals surface area contributed by atoms with Crippen LogP contribution in [0.1, 0.15) is 30.0 Å². The zero-order chi connectivity index (χ0) is 13.7. The summed E-state index contributed by atoms with van der Waals surface area (Å²) in [6, 6.07) is 12.5. The number of benzene rings is 1. The molecule has 0 saturated heterocycles. The van der Waals surface area contributed by atoms with Crippen LogP contribution in [-0.2, 0) is 6.42 Å². The van der Waals surface area contributed by atoms with Gasteiger partial charge in [-0.2, -0.15) is 0 Å². The third-order valence-electron chi connectivity index (χ3n) is 3.21. The number of furan rings is 1. The van der Waals surface area contributed by atoms with Gasteiger partial charge in [-0.05, 0) is 56.6 Å². The van der Waals surface area contributed by atoms with E-state index in [4.69, 9.17) is 9.15 Å². The van der Waals surface area contributed by atoms with Gasteiger partial charge in [-0.3, -0.25) is 0 Å². The van der Waals surface area contributed by atoms with Crippen LogP contribution in [0, 0.1) is 6.92 Å². The molecule has 0 radical (unpaired) electrons. The maximum absolute atomic E-state index is 5.60. The van der Waals surface area contributed by atoms with Crippen LogP contribution in [0.25, 0.3) is 0 Å². The normalized spacial score (nSPS) is 12.4. The van der Waals surface area contributed by atoms with Crippen molar-refractivity contribution in [3.05, 3.63) is 53.5 Å². The standard InChI is InChI=1S/C16H21NO2/c1-12-4-9-16(19-12)13(2)17-11-10-14-5-7-15(18-3)8-6-14/h4-9,13,17H,10-11H2,1-3H3. The summed E-state index contributed by atoms with van der Waals surface area (Å²) < 4.78 is 10.7. The van der Waals surface area contributed by atoms with Crippen molar-refractivity contribution in [2.75, 3.05) is 13.7 Å². The molecule has 0 fully saturated rings. The van der Waals surface area contributed by atoms with Gasteiger partial charge in [0.25, 0.3) is 0 Å². The molecule has 0 bridgehead atoms. The van der Waals surface area contributed by atoms with E-state index in [1.807, 2.05) is 31.2 Å². The van der Waals surface area contributed by atoms with E-state index in [-0.39, 0.29) is 6.04 Å². The van der Waals surface area contributed by atoms with Crippen molar-refractivity contribution in [1.29, 1.82) is 0 Å². The fourth-order valence-corrected chi connectivity index (χ4v) is 2.01. The van der Waals surface area contributed by atoms with Gasteiger partial charge >= 0.3 is 0 Å². The monoisotopic (exact) mass is 259 g/mol. The first-order chi connectivity index (χ1) is 9.19. The summed E-state index contributed by atoms with van der Waals surface area (Å²) in [5, 5.41) is 3.46. The zero-order valence-corrected chi connectivity index (χ0v) is 11.8. The highest BCUT2D eigenvalue weighted by Gasteiger charge is 2.08. The van der Waals surface area contributed by atoms with Gasteiger partial charge in [0.2, 0.25) is 0 Å². The van der Waals surface area contributed by atoms with Crippen molar-refractivity contribution in [2.45, 2.75) is 26.3 Å². The smallest absolute Gasteiger partial charge is 0.120 e. The highest BCUT2D eigenvalue weighted by molar-refractivity contribution is 5.27. The van der Waals surface area contributed by atoms with Crippen molar-refractivity contribution >= 4 is 0 Å². The Labute approximate surface area is 114 Å². The van der Waals surface area contributed by atoms with Crippen LogP contribution in [0.2, 0.25) is 0 Å². The second-order valence-corrected chi connectivity index (χ2v) is 4.72. The maximum atomic E-state index is 5.60. The molecule has 1 N–H and O–H groups in total. The molecule has 1 unspecified atom stereocenters. The van der Waals surface area contributed by atoms with E-state index in [2.05, 4.69) is 24.4 Å². The summed E-state index contributed by atoms with van der Waals surface area (Å²) in [6.07, 6.45) is 0.994. The van der Waals surface area contributed by atoms with Gasteiger partial charge in [-0.1, -0.05) is 12.1 Å². The number of methoxy groups -OCH3 is 1. The molecule has 1 atom stereocenters. The van der Waals surface area contributed by atoms with Gasteiger partial charge in [-0.15, -0.1) is 0 Å². The molecule has 0 amide bonds. The molecule has 19 heavy (non-hydrogen) atoms. The zero-order valence-electron chi connectivity index (χ0n) is 11.8. The lowest BCUT2D eigenvalue weighted by molar-refractivity contribution is 0.414. The third kappa shape index (κ3) is 3.86. The highest BCUT2D eigenvalue weighted by Crippen LogP contribution is 2.16. The second kappa shape index (κ2) is 6.43. The summed E-state index contributed by atoms with van der Waals surface area (Å²) in [7, 11) is 1.68. The summed E-state index contributed by atoms with van der Waals surface area (Å²) in [4.78, 5) is 0. The van der Waals surface area contributed by atoms with Crippen molar-refractivity contribution in [3.8, 4) is 5.75 Å². The van der Waals surface area contributed by atoms with E-state index in [1.165, 1.54) is 5.56 Å². The fourth-order valence-electron chi connectivity index (χ4n) is 2.01. The Morgan fingerprint density at radius 3 is 2.47 bits per heavy atom. The van der Waals surface area contributed by atoms with Gasteiger partial charge in [0.05, 0.1) is 13.2 Å². The minimum atomic E-state index is 0.243. The van der Waals surface area contributed by atoms with Gasteiger partial charge < -0.3 is 14.5 Å². The lowest BCUT2D eigenvalue weighted by Gasteiger charge is -2.11. The molecule has 2 rings (SSSR count). The van der Waals surface area contributed by atoms with E-state index in [1.54, 1.807) is 7.11 Å². The van der Waals surface area contributed by atoms with Crippen LogP contribution in [0.3, 0.4) is 0 Å². The lowest BCUT2D eigenvalue weighted by Crippen LogP contribution is -2.20. The maximum Gasteiger partial charge on any atom is 0.120 e. The predicted molar refractivity (Wildman–Crippen MR) is 76.6 cm³/mol. The predicted octanol–water partition coefficient (Wildman–Crippen LogP) is 3.49. The molecule has 1 heterocycles. The van der Waals surface area contributed by atoms with Crippen LogP contribution < -0.4 is 10.1 Å². The summed E-state index contributed by atoms with van der Waals surface area (Å²) >= 11 is 0. The number of ether oxygens (including phenoxy) is 1. The van der Waals surface area contributed by atoms with Crippen LogP contribution >= 0.6 is 0 Å². The Bertz CT molecular complexity index is 502. The Kier molecular flexibility index (Phi) is 4.63. The topological polar surface area (TPSA) is 34.4 Å². The Morgan fingerprint density at radius 1 is 1.16 bits per heavy atom. The molecular formula is C16H21NO2.